The number of rotatable bonds is 3. The van der Waals surface area contributed by atoms with Crippen LogP contribution in [0.5, 0.6) is 0 Å². The van der Waals surface area contributed by atoms with Crippen molar-refractivity contribution in [1.29, 1.82) is 0 Å². The lowest BCUT2D eigenvalue weighted by Gasteiger charge is -2.26. The van der Waals surface area contributed by atoms with Crippen LogP contribution in [-0.4, -0.2) is 26.4 Å². The smallest absolute Gasteiger partial charge is 0.291 e. The molecule has 3 rings (SSSR count). The number of halogens is 3. The Labute approximate surface area is 158 Å². The van der Waals surface area contributed by atoms with Crippen molar-refractivity contribution >= 4 is 23.3 Å². The molecule has 1 heterocycles. The molecule has 0 saturated heterocycles. The molecule has 140 valence electrons. The lowest BCUT2D eigenvalue weighted by Crippen LogP contribution is -2.43. The molecule has 0 fully saturated rings. The number of amides is 1. The Morgan fingerprint density at radius 2 is 1.81 bits per heavy atom. The second kappa shape index (κ2) is 7.32. The normalized spacial score (nSPS) is 11.0. The van der Waals surface area contributed by atoms with Crippen LogP contribution < -0.4 is 10.6 Å². The Hall–Kier alpha value is -3.00. The predicted molar refractivity (Wildman–Crippen MR) is 97.6 cm³/mol. The summed E-state index contributed by atoms with van der Waals surface area (Å²) in [6.07, 6.45) is 1.01. The Kier molecular flexibility index (Phi) is 5.09. The summed E-state index contributed by atoms with van der Waals surface area (Å²) >= 11 is 5.71. The molecule has 0 saturated carbocycles. The third kappa shape index (κ3) is 3.61. The van der Waals surface area contributed by atoms with Gasteiger partial charge in [0.1, 0.15) is 17.8 Å². The minimum Gasteiger partial charge on any atom is -0.291 e. The fourth-order valence-corrected chi connectivity index (χ4v) is 2.76. The standard InChI is InChI=1S/C18H15ClF2N4O2/c1-11(2)24(14-6-4-13(20)5-7-14)17(26)23-10-22-25(18(23)27)16-8-3-12(19)9-15(16)21/h3-11H,1-2H3. The monoisotopic (exact) mass is 392 g/mol. The van der Waals surface area contributed by atoms with Crippen LogP contribution in [0.25, 0.3) is 5.69 Å². The predicted octanol–water partition coefficient (Wildman–Crippen LogP) is 3.85. The molecule has 2 aromatic carbocycles. The minimum atomic E-state index is -0.839. The van der Waals surface area contributed by atoms with E-state index in [1.165, 1.54) is 41.3 Å². The SMILES string of the molecule is CC(C)N(C(=O)n1cnn(-c2ccc(Cl)cc2F)c1=O)c1ccc(F)cc1. The maximum atomic E-state index is 14.1. The number of benzene rings is 2. The van der Waals surface area contributed by atoms with E-state index >= 15 is 0 Å². The molecule has 0 aliphatic rings. The van der Waals surface area contributed by atoms with Crippen LogP contribution in [0.15, 0.2) is 53.6 Å². The van der Waals surface area contributed by atoms with Gasteiger partial charge in [-0.1, -0.05) is 11.6 Å². The Morgan fingerprint density at radius 1 is 1.15 bits per heavy atom. The van der Waals surface area contributed by atoms with E-state index in [0.717, 1.165) is 21.6 Å². The van der Waals surface area contributed by atoms with E-state index < -0.39 is 23.4 Å². The summed E-state index contributed by atoms with van der Waals surface area (Å²) in [5, 5.41) is 3.99. The van der Waals surface area contributed by atoms with E-state index in [0.29, 0.717) is 5.69 Å². The maximum absolute atomic E-state index is 14.1. The van der Waals surface area contributed by atoms with Crippen LogP contribution in [0.4, 0.5) is 19.3 Å². The first-order chi connectivity index (χ1) is 12.8. The van der Waals surface area contributed by atoms with Gasteiger partial charge in [0, 0.05) is 16.8 Å². The average Bonchev–Trinajstić information content (AvgIpc) is 2.98. The number of hydrogen-bond acceptors (Lipinski definition) is 3. The molecular formula is C18H15ClF2N4O2. The molecule has 0 spiro atoms. The lowest BCUT2D eigenvalue weighted by atomic mass is 10.2. The van der Waals surface area contributed by atoms with Gasteiger partial charge < -0.3 is 0 Å². The average molecular weight is 393 g/mol. The first-order valence-electron chi connectivity index (χ1n) is 8.01. The number of nitrogens with zero attached hydrogens (tertiary/aromatic N) is 4. The zero-order valence-electron chi connectivity index (χ0n) is 14.4. The zero-order valence-corrected chi connectivity index (χ0v) is 15.2. The van der Waals surface area contributed by atoms with E-state index in [1.54, 1.807) is 13.8 Å². The van der Waals surface area contributed by atoms with Crippen molar-refractivity contribution in [3.63, 3.8) is 0 Å². The topological polar surface area (TPSA) is 60.1 Å². The summed E-state index contributed by atoms with van der Waals surface area (Å²) in [5.74, 6) is -1.19. The highest BCUT2D eigenvalue weighted by Crippen LogP contribution is 2.19. The maximum Gasteiger partial charge on any atom is 0.358 e. The first kappa shape index (κ1) is 18.8. The van der Waals surface area contributed by atoms with Crippen LogP contribution in [0.1, 0.15) is 13.8 Å². The summed E-state index contributed by atoms with van der Waals surface area (Å²) < 4.78 is 28.8. The van der Waals surface area contributed by atoms with Crippen molar-refractivity contribution in [2.24, 2.45) is 0 Å². The molecule has 1 amide bonds. The number of hydrogen-bond donors (Lipinski definition) is 0. The number of anilines is 1. The molecule has 1 aromatic heterocycles. The highest BCUT2D eigenvalue weighted by atomic mass is 35.5. The number of aromatic nitrogens is 3. The van der Waals surface area contributed by atoms with E-state index in [4.69, 9.17) is 11.6 Å². The van der Waals surface area contributed by atoms with Crippen molar-refractivity contribution in [2.45, 2.75) is 19.9 Å². The largest absolute Gasteiger partial charge is 0.358 e. The van der Waals surface area contributed by atoms with Gasteiger partial charge in [0.2, 0.25) is 0 Å². The molecular weight excluding hydrogens is 378 g/mol. The molecule has 0 bridgehead atoms. The third-order valence-electron chi connectivity index (χ3n) is 3.84. The van der Waals surface area contributed by atoms with Gasteiger partial charge in [-0.15, -0.1) is 0 Å². The summed E-state index contributed by atoms with van der Waals surface area (Å²) in [7, 11) is 0. The van der Waals surface area contributed by atoms with Crippen molar-refractivity contribution in [1.82, 2.24) is 14.3 Å². The van der Waals surface area contributed by atoms with Crippen molar-refractivity contribution in [3.8, 4) is 5.69 Å². The lowest BCUT2D eigenvalue weighted by molar-refractivity contribution is 0.245. The van der Waals surface area contributed by atoms with E-state index in [1.807, 2.05) is 0 Å². The van der Waals surface area contributed by atoms with Crippen LogP contribution in [0.2, 0.25) is 5.02 Å². The van der Waals surface area contributed by atoms with Gasteiger partial charge in [-0.25, -0.2) is 18.4 Å². The summed E-state index contributed by atoms with van der Waals surface area (Å²) in [6, 6.07) is 8.02. The number of carbonyl (C=O) groups is 1. The molecule has 0 aliphatic carbocycles. The minimum absolute atomic E-state index is 0.131. The van der Waals surface area contributed by atoms with E-state index in [9.17, 15) is 18.4 Å². The quantitative estimate of drug-likeness (QED) is 0.680. The van der Waals surface area contributed by atoms with Gasteiger partial charge in [-0.3, -0.25) is 4.90 Å². The molecule has 0 atom stereocenters. The van der Waals surface area contributed by atoms with Gasteiger partial charge in [0.15, 0.2) is 5.82 Å². The van der Waals surface area contributed by atoms with Gasteiger partial charge in [0.25, 0.3) is 0 Å². The second-order valence-corrected chi connectivity index (χ2v) is 6.45. The molecule has 9 heteroatoms. The van der Waals surface area contributed by atoms with E-state index in [2.05, 4.69) is 5.10 Å². The molecule has 0 radical (unpaired) electrons. The highest BCUT2D eigenvalue weighted by molar-refractivity contribution is 6.30. The van der Waals surface area contributed by atoms with Crippen molar-refractivity contribution in [3.05, 3.63) is 75.9 Å². The molecule has 3 aromatic rings. The van der Waals surface area contributed by atoms with Crippen LogP contribution >= 0.6 is 11.6 Å². The molecule has 0 aliphatic heterocycles. The Morgan fingerprint density at radius 3 is 2.41 bits per heavy atom. The van der Waals surface area contributed by atoms with Crippen molar-refractivity contribution in [2.75, 3.05) is 4.90 Å². The summed E-state index contributed by atoms with van der Waals surface area (Å²) in [4.78, 5) is 26.8. The fourth-order valence-electron chi connectivity index (χ4n) is 2.60. The molecule has 6 nitrogen and oxygen atoms in total. The van der Waals surface area contributed by atoms with Crippen molar-refractivity contribution < 1.29 is 13.6 Å². The molecule has 0 N–H and O–H groups in total. The van der Waals surface area contributed by atoms with Crippen LogP contribution in [0, 0.1) is 11.6 Å². The van der Waals surface area contributed by atoms with Crippen LogP contribution in [-0.2, 0) is 0 Å². The third-order valence-corrected chi connectivity index (χ3v) is 4.08. The van der Waals surface area contributed by atoms with Crippen LogP contribution in [0.3, 0.4) is 0 Å². The summed E-state index contributed by atoms with van der Waals surface area (Å²) in [5.41, 5.74) is -0.559. The van der Waals surface area contributed by atoms with Gasteiger partial charge in [0.05, 0.1) is 0 Å². The summed E-state index contributed by atoms with van der Waals surface area (Å²) in [6.45, 7) is 3.49. The van der Waals surface area contributed by atoms with Gasteiger partial charge in [-0.2, -0.15) is 14.3 Å². The zero-order chi connectivity index (χ0) is 19.7. The second-order valence-electron chi connectivity index (χ2n) is 6.01. The van der Waals surface area contributed by atoms with Gasteiger partial charge >= 0.3 is 11.7 Å². The number of carbonyl (C=O) groups excluding carboxylic acids is 1. The Balaban J connectivity index is 2.03. The fraction of sp³-hybridized carbons (Fsp3) is 0.167. The first-order valence-corrected chi connectivity index (χ1v) is 8.38. The van der Waals surface area contributed by atoms with E-state index in [-0.39, 0.29) is 16.8 Å². The van der Waals surface area contributed by atoms with Gasteiger partial charge in [-0.05, 0) is 56.3 Å². The Bertz CT molecular complexity index is 1040. The highest BCUT2D eigenvalue weighted by Gasteiger charge is 2.24. The molecule has 27 heavy (non-hydrogen) atoms. The molecule has 0 unspecified atom stereocenters.